The van der Waals surface area contributed by atoms with Crippen molar-refractivity contribution < 1.29 is 14.3 Å². The van der Waals surface area contributed by atoms with Crippen LogP contribution in [-0.2, 0) is 14.3 Å². The Morgan fingerprint density at radius 2 is 2.33 bits per heavy atom. The second kappa shape index (κ2) is 2.39. The summed E-state index contributed by atoms with van der Waals surface area (Å²) < 4.78 is 4.59. The number of hydrogen-bond donors (Lipinski definition) is 0. The van der Waals surface area contributed by atoms with E-state index >= 15 is 0 Å². The zero-order valence-corrected chi connectivity index (χ0v) is 5.73. The number of esters is 1. The van der Waals surface area contributed by atoms with Crippen molar-refractivity contribution in [3.63, 3.8) is 0 Å². The number of hydrogen-bond acceptors (Lipinski definition) is 4. The number of carbonyl (C=O) groups is 2. The molecule has 1 rings (SSSR count). The van der Waals surface area contributed by atoms with Crippen LogP contribution in [0, 0.1) is 0 Å². The van der Waals surface area contributed by atoms with Gasteiger partial charge in [0, 0.05) is 0 Å². The Bertz CT molecular complexity index is 154. The van der Waals surface area contributed by atoms with Crippen molar-refractivity contribution in [1.82, 2.24) is 0 Å². The lowest BCUT2D eigenvalue weighted by Gasteiger charge is -2.15. The Kier molecular flexibility index (Phi) is 1.75. The summed E-state index contributed by atoms with van der Waals surface area (Å²) in [6, 6.07) is 0. The van der Waals surface area contributed by atoms with Crippen LogP contribution in [0.25, 0.3) is 0 Å². The van der Waals surface area contributed by atoms with E-state index in [1.54, 1.807) is 6.92 Å². The van der Waals surface area contributed by atoms with Crippen LogP contribution in [0.3, 0.4) is 0 Å². The fraction of sp³-hybridized carbons (Fsp3) is 0.600. The first-order chi connectivity index (χ1) is 4.20. The van der Waals surface area contributed by atoms with Crippen LogP contribution in [0.15, 0.2) is 0 Å². The van der Waals surface area contributed by atoms with Crippen molar-refractivity contribution in [2.75, 3.05) is 5.75 Å². The van der Waals surface area contributed by atoms with Crippen LogP contribution < -0.4 is 0 Å². The number of thioether (sulfide) groups is 1. The highest BCUT2D eigenvalue weighted by Gasteiger charge is 2.24. The highest BCUT2D eigenvalue weighted by atomic mass is 32.2. The van der Waals surface area contributed by atoms with Crippen LogP contribution in [0.1, 0.15) is 6.92 Å². The molecular formula is C5H6O3S. The van der Waals surface area contributed by atoms with Crippen LogP contribution in [-0.4, -0.2) is 22.9 Å². The predicted octanol–water partition coefficient (Wildman–Crippen LogP) is 0.192. The topological polar surface area (TPSA) is 43.4 Å². The highest BCUT2D eigenvalue weighted by Crippen LogP contribution is 2.14. The lowest BCUT2D eigenvalue weighted by Crippen LogP contribution is -2.29. The minimum atomic E-state index is -0.545. The van der Waals surface area contributed by atoms with E-state index in [2.05, 4.69) is 4.74 Å². The summed E-state index contributed by atoms with van der Waals surface area (Å²) in [6.07, 6.45) is -0.545. The Balaban J connectivity index is 2.54. The molecule has 1 aliphatic heterocycles. The molecule has 1 saturated heterocycles. The maximum absolute atomic E-state index is 10.6. The van der Waals surface area contributed by atoms with Crippen molar-refractivity contribution in [2.24, 2.45) is 0 Å². The van der Waals surface area contributed by atoms with Gasteiger partial charge in [0.2, 0.25) is 5.12 Å². The molecule has 50 valence electrons. The molecule has 0 saturated carbocycles. The predicted molar refractivity (Wildman–Crippen MR) is 33.0 cm³/mol. The molecule has 9 heavy (non-hydrogen) atoms. The largest absolute Gasteiger partial charge is 0.453 e. The molecule has 1 atom stereocenters. The van der Waals surface area contributed by atoms with Gasteiger partial charge in [-0.2, -0.15) is 0 Å². The van der Waals surface area contributed by atoms with Crippen LogP contribution in [0.5, 0.6) is 0 Å². The van der Waals surface area contributed by atoms with Gasteiger partial charge in [0.1, 0.15) is 0 Å². The van der Waals surface area contributed by atoms with E-state index in [0.29, 0.717) is 0 Å². The Morgan fingerprint density at radius 1 is 1.67 bits per heavy atom. The lowest BCUT2D eigenvalue weighted by atomic mass is 10.4. The molecule has 0 aromatic carbocycles. The fourth-order valence-corrected chi connectivity index (χ4v) is 1.14. The van der Waals surface area contributed by atoms with Gasteiger partial charge in [-0.3, -0.25) is 9.59 Å². The molecule has 1 fully saturated rings. The molecule has 0 amide bonds. The second-order valence-electron chi connectivity index (χ2n) is 1.74. The van der Waals surface area contributed by atoms with Gasteiger partial charge in [-0.25, -0.2) is 0 Å². The quantitative estimate of drug-likeness (QED) is 0.457. The van der Waals surface area contributed by atoms with Gasteiger partial charge >= 0.3 is 5.97 Å². The van der Waals surface area contributed by atoms with Gasteiger partial charge < -0.3 is 4.74 Å². The third-order valence-electron chi connectivity index (χ3n) is 0.972. The molecule has 1 aliphatic rings. The van der Waals surface area contributed by atoms with E-state index in [9.17, 15) is 9.59 Å². The molecule has 0 N–H and O–H groups in total. The molecule has 0 aromatic heterocycles. The van der Waals surface area contributed by atoms with Crippen molar-refractivity contribution >= 4 is 22.8 Å². The lowest BCUT2D eigenvalue weighted by molar-refractivity contribution is -0.150. The number of cyclic esters (lactones) is 1. The van der Waals surface area contributed by atoms with Gasteiger partial charge in [0.15, 0.2) is 6.10 Å². The molecule has 0 spiro atoms. The third kappa shape index (κ3) is 1.45. The summed E-state index contributed by atoms with van der Waals surface area (Å²) in [5, 5.41) is -0.0606. The van der Waals surface area contributed by atoms with Gasteiger partial charge in [0.05, 0.1) is 5.75 Å². The summed E-state index contributed by atoms with van der Waals surface area (Å²) in [6.45, 7) is 1.58. The Hall–Kier alpha value is -0.510. The third-order valence-corrected chi connectivity index (χ3v) is 1.97. The van der Waals surface area contributed by atoms with Crippen LogP contribution >= 0.6 is 11.8 Å². The smallest absolute Gasteiger partial charge is 0.317 e. The summed E-state index contributed by atoms with van der Waals surface area (Å²) in [4.78, 5) is 21.0. The zero-order valence-electron chi connectivity index (χ0n) is 4.92. The molecule has 0 radical (unpaired) electrons. The number of ether oxygens (including phenoxy) is 1. The first-order valence-corrected chi connectivity index (χ1v) is 3.55. The van der Waals surface area contributed by atoms with Crippen LogP contribution in [0.4, 0.5) is 0 Å². The maximum atomic E-state index is 10.6. The zero-order chi connectivity index (χ0) is 6.85. The van der Waals surface area contributed by atoms with E-state index in [1.807, 2.05) is 0 Å². The van der Waals surface area contributed by atoms with E-state index < -0.39 is 6.10 Å². The maximum Gasteiger partial charge on any atom is 0.317 e. The Morgan fingerprint density at radius 3 is 2.78 bits per heavy atom. The Labute approximate surface area is 56.8 Å². The summed E-state index contributed by atoms with van der Waals surface area (Å²) >= 11 is 1.02. The normalized spacial score (nSPS) is 27.9. The van der Waals surface area contributed by atoms with Crippen molar-refractivity contribution in [2.45, 2.75) is 13.0 Å². The first kappa shape index (κ1) is 6.61. The molecule has 0 aromatic rings. The van der Waals surface area contributed by atoms with Crippen molar-refractivity contribution in [3.05, 3.63) is 0 Å². The molecule has 0 bridgehead atoms. The molecular weight excluding hydrogens is 140 g/mol. The summed E-state index contributed by atoms with van der Waals surface area (Å²) in [5.41, 5.74) is 0. The van der Waals surface area contributed by atoms with Gasteiger partial charge in [-0.1, -0.05) is 11.8 Å². The average molecular weight is 146 g/mol. The molecule has 3 nitrogen and oxygen atoms in total. The standard InChI is InChI=1S/C5H6O3S/c1-3-5(7)9-2-4(6)8-3/h3H,2H2,1H3. The fourth-order valence-electron chi connectivity index (χ4n) is 0.527. The first-order valence-electron chi connectivity index (χ1n) is 2.56. The second-order valence-corrected chi connectivity index (χ2v) is 2.72. The van der Waals surface area contributed by atoms with Crippen LogP contribution in [0.2, 0.25) is 0 Å². The molecule has 1 unspecified atom stereocenters. The van der Waals surface area contributed by atoms with Gasteiger partial charge in [-0.05, 0) is 6.92 Å². The number of rotatable bonds is 0. The SMILES string of the molecule is CC1OC(=O)CSC1=O. The average Bonchev–Trinajstić information content (AvgIpc) is 1.80. The van der Waals surface area contributed by atoms with Gasteiger partial charge in [0.25, 0.3) is 0 Å². The van der Waals surface area contributed by atoms with E-state index in [0.717, 1.165) is 11.8 Å². The summed E-state index contributed by atoms with van der Waals surface area (Å²) in [7, 11) is 0. The molecule has 4 heteroatoms. The monoisotopic (exact) mass is 146 g/mol. The van der Waals surface area contributed by atoms with Crippen molar-refractivity contribution in [1.29, 1.82) is 0 Å². The minimum Gasteiger partial charge on any atom is -0.453 e. The van der Waals surface area contributed by atoms with E-state index in [1.165, 1.54) is 0 Å². The highest BCUT2D eigenvalue weighted by molar-refractivity contribution is 8.14. The van der Waals surface area contributed by atoms with Crippen molar-refractivity contribution in [3.8, 4) is 0 Å². The number of carbonyl (C=O) groups excluding carboxylic acids is 2. The van der Waals surface area contributed by atoms with E-state index in [-0.39, 0.29) is 16.8 Å². The molecule has 1 heterocycles. The molecule has 0 aliphatic carbocycles. The summed E-state index contributed by atoms with van der Waals surface area (Å²) in [5.74, 6) is -0.129. The minimum absolute atomic E-state index is 0.0606. The van der Waals surface area contributed by atoms with Gasteiger partial charge in [-0.15, -0.1) is 0 Å². The van der Waals surface area contributed by atoms with E-state index in [4.69, 9.17) is 0 Å².